The Kier molecular flexibility index (Phi) is 4.58. The Balaban J connectivity index is 2.18. The maximum atomic E-state index is 5.76. The van der Waals surface area contributed by atoms with E-state index in [1.54, 1.807) is 7.11 Å². The molecule has 1 aromatic carbocycles. The van der Waals surface area contributed by atoms with E-state index < -0.39 is 0 Å². The highest BCUT2D eigenvalue weighted by atomic mass is 16.5. The number of benzene rings is 1. The zero-order chi connectivity index (χ0) is 13.7. The van der Waals surface area contributed by atoms with Gasteiger partial charge in [-0.25, -0.2) is 4.98 Å². The van der Waals surface area contributed by atoms with Gasteiger partial charge in [-0.3, -0.25) is 0 Å². The van der Waals surface area contributed by atoms with Gasteiger partial charge in [0, 0.05) is 18.2 Å². The molecule has 0 amide bonds. The fourth-order valence-corrected chi connectivity index (χ4v) is 2.18. The molecular weight excluding hydrogens is 238 g/mol. The maximum Gasteiger partial charge on any atom is 0.126 e. The second-order valence-corrected chi connectivity index (χ2v) is 4.73. The van der Waals surface area contributed by atoms with E-state index in [0.29, 0.717) is 12.6 Å². The van der Waals surface area contributed by atoms with E-state index in [2.05, 4.69) is 17.2 Å². The minimum atomic E-state index is 0.300. The second-order valence-electron chi connectivity index (χ2n) is 4.73. The van der Waals surface area contributed by atoms with E-state index in [0.717, 1.165) is 35.2 Å². The molecule has 4 heteroatoms. The van der Waals surface area contributed by atoms with Crippen LogP contribution in [-0.2, 0) is 4.74 Å². The standard InChI is InChI=1S/C15H21N3O/c1-3-4-13(10-19-2)17-15-8-5-11-9-12(16)6-7-14(11)18-15/h5-9,13H,3-4,10,16H2,1-2H3,(H,17,18). The number of hydrogen-bond acceptors (Lipinski definition) is 4. The third kappa shape index (κ3) is 3.58. The predicted octanol–water partition coefficient (Wildman–Crippen LogP) is 3.04. The monoisotopic (exact) mass is 259 g/mol. The zero-order valence-corrected chi connectivity index (χ0v) is 11.5. The summed E-state index contributed by atoms with van der Waals surface area (Å²) >= 11 is 0. The van der Waals surface area contributed by atoms with E-state index in [1.165, 1.54) is 0 Å². The number of ether oxygens (including phenoxy) is 1. The highest BCUT2D eigenvalue weighted by Crippen LogP contribution is 2.18. The number of hydrogen-bond donors (Lipinski definition) is 2. The largest absolute Gasteiger partial charge is 0.399 e. The lowest BCUT2D eigenvalue weighted by Gasteiger charge is -2.18. The summed E-state index contributed by atoms with van der Waals surface area (Å²) in [6, 6.07) is 10.1. The summed E-state index contributed by atoms with van der Waals surface area (Å²) in [6.07, 6.45) is 2.18. The van der Waals surface area contributed by atoms with Gasteiger partial charge < -0.3 is 15.8 Å². The van der Waals surface area contributed by atoms with E-state index in [1.807, 2.05) is 30.3 Å². The minimum Gasteiger partial charge on any atom is -0.399 e. The summed E-state index contributed by atoms with van der Waals surface area (Å²) < 4.78 is 5.23. The van der Waals surface area contributed by atoms with E-state index in [9.17, 15) is 0 Å². The summed E-state index contributed by atoms with van der Waals surface area (Å²) in [7, 11) is 1.72. The van der Waals surface area contributed by atoms with Crippen molar-refractivity contribution in [1.29, 1.82) is 0 Å². The molecule has 0 bridgehead atoms. The summed E-state index contributed by atoms with van der Waals surface area (Å²) in [6.45, 7) is 2.86. The van der Waals surface area contributed by atoms with Crippen LogP contribution in [0.2, 0.25) is 0 Å². The molecule has 0 spiro atoms. The van der Waals surface area contributed by atoms with Gasteiger partial charge >= 0.3 is 0 Å². The third-order valence-electron chi connectivity index (χ3n) is 3.07. The van der Waals surface area contributed by atoms with Crippen LogP contribution in [0.4, 0.5) is 11.5 Å². The molecule has 19 heavy (non-hydrogen) atoms. The number of rotatable bonds is 6. The molecule has 0 aliphatic rings. The first-order valence-corrected chi connectivity index (χ1v) is 6.64. The van der Waals surface area contributed by atoms with Crippen molar-refractivity contribution >= 4 is 22.4 Å². The topological polar surface area (TPSA) is 60.2 Å². The van der Waals surface area contributed by atoms with Crippen LogP contribution in [-0.4, -0.2) is 24.7 Å². The number of anilines is 2. The number of nitrogen functional groups attached to an aromatic ring is 1. The number of pyridine rings is 1. The SMILES string of the molecule is CCCC(COC)Nc1ccc2cc(N)ccc2n1. The van der Waals surface area contributed by atoms with Gasteiger partial charge in [-0.1, -0.05) is 13.3 Å². The Morgan fingerprint density at radius 1 is 1.32 bits per heavy atom. The number of nitrogens with one attached hydrogen (secondary N) is 1. The molecule has 0 aliphatic carbocycles. The van der Waals surface area contributed by atoms with Gasteiger partial charge in [0.25, 0.3) is 0 Å². The van der Waals surface area contributed by atoms with Crippen molar-refractivity contribution in [2.24, 2.45) is 0 Å². The molecule has 1 atom stereocenters. The van der Waals surface area contributed by atoms with Crippen molar-refractivity contribution in [3.05, 3.63) is 30.3 Å². The van der Waals surface area contributed by atoms with Crippen LogP contribution in [0.5, 0.6) is 0 Å². The van der Waals surface area contributed by atoms with Gasteiger partial charge in [0.1, 0.15) is 5.82 Å². The van der Waals surface area contributed by atoms with Gasteiger partial charge in [-0.05, 0) is 36.8 Å². The Bertz CT molecular complexity index is 536. The van der Waals surface area contributed by atoms with Crippen LogP contribution < -0.4 is 11.1 Å². The quantitative estimate of drug-likeness (QED) is 0.783. The predicted molar refractivity (Wildman–Crippen MR) is 80.4 cm³/mol. The highest BCUT2D eigenvalue weighted by molar-refractivity contribution is 5.83. The molecule has 0 aliphatic heterocycles. The third-order valence-corrected chi connectivity index (χ3v) is 3.07. The summed E-state index contributed by atoms with van der Waals surface area (Å²) in [4.78, 5) is 4.60. The van der Waals surface area contributed by atoms with Crippen molar-refractivity contribution < 1.29 is 4.74 Å². The molecule has 0 saturated heterocycles. The van der Waals surface area contributed by atoms with Crippen molar-refractivity contribution in [2.75, 3.05) is 24.8 Å². The molecule has 3 N–H and O–H groups in total. The molecule has 0 radical (unpaired) electrons. The Morgan fingerprint density at radius 3 is 2.89 bits per heavy atom. The van der Waals surface area contributed by atoms with Crippen LogP contribution in [0.15, 0.2) is 30.3 Å². The van der Waals surface area contributed by atoms with Crippen LogP contribution in [0.1, 0.15) is 19.8 Å². The van der Waals surface area contributed by atoms with Crippen LogP contribution in [0.3, 0.4) is 0 Å². The van der Waals surface area contributed by atoms with Crippen molar-refractivity contribution in [3.63, 3.8) is 0 Å². The summed E-state index contributed by atoms with van der Waals surface area (Å²) in [5.74, 6) is 0.882. The van der Waals surface area contributed by atoms with E-state index >= 15 is 0 Å². The molecule has 0 fully saturated rings. The molecule has 4 nitrogen and oxygen atoms in total. The first-order valence-electron chi connectivity index (χ1n) is 6.64. The molecule has 1 unspecified atom stereocenters. The van der Waals surface area contributed by atoms with Gasteiger partial charge in [0.2, 0.25) is 0 Å². The van der Waals surface area contributed by atoms with Crippen LogP contribution >= 0.6 is 0 Å². The zero-order valence-electron chi connectivity index (χ0n) is 11.5. The molecule has 1 heterocycles. The molecule has 2 aromatic rings. The smallest absolute Gasteiger partial charge is 0.126 e. The average Bonchev–Trinajstić information content (AvgIpc) is 2.39. The lowest BCUT2D eigenvalue weighted by Crippen LogP contribution is -2.25. The van der Waals surface area contributed by atoms with Crippen molar-refractivity contribution in [3.8, 4) is 0 Å². The first kappa shape index (κ1) is 13.6. The lowest BCUT2D eigenvalue weighted by molar-refractivity contribution is 0.182. The Hall–Kier alpha value is -1.81. The van der Waals surface area contributed by atoms with E-state index in [-0.39, 0.29) is 0 Å². The summed E-state index contributed by atoms with van der Waals surface area (Å²) in [5.41, 5.74) is 7.47. The number of nitrogens with two attached hydrogens (primary N) is 1. The Labute approximate surface area is 114 Å². The van der Waals surface area contributed by atoms with Gasteiger partial charge in [0.05, 0.1) is 18.2 Å². The lowest BCUT2D eigenvalue weighted by atomic mass is 10.1. The molecule has 1 aromatic heterocycles. The Morgan fingerprint density at radius 2 is 2.16 bits per heavy atom. The highest BCUT2D eigenvalue weighted by Gasteiger charge is 2.08. The maximum absolute atomic E-state index is 5.76. The first-order chi connectivity index (χ1) is 9.22. The van der Waals surface area contributed by atoms with Crippen LogP contribution in [0.25, 0.3) is 10.9 Å². The number of aromatic nitrogens is 1. The molecule has 102 valence electrons. The second kappa shape index (κ2) is 6.38. The molecule has 2 rings (SSSR count). The number of fused-ring (bicyclic) bond motifs is 1. The fraction of sp³-hybridized carbons (Fsp3) is 0.400. The van der Waals surface area contributed by atoms with Crippen molar-refractivity contribution in [1.82, 2.24) is 4.98 Å². The van der Waals surface area contributed by atoms with Gasteiger partial charge in [-0.15, -0.1) is 0 Å². The molecular formula is C15H21N3O. The average molecular weight is 259 g/mol. The fourth-order valence-electron chi connectivity index (χ4n) is 2.18. The summed E-state index contributed by atoms with van der Waals surface area (Å²) in [5, 5.41) is 4.48. The molecule has 0 saturated carbocycles. The van der Waals surface area contributed by atoms with E-state index in [4.69, 9.17) is 10.5 Å². The number of methoxy groups -OCH3 is 1. The number of nitrogens with zero attached hydrogens (tertiary/aromatic N) is 1. The van der Waals surface area contributed by atoms with Gasteiger partial charge in [0.15, 0.2) is 0 Å². The van der Waals surface area contributed by atoms with Crippen molar-refractivity contribution in [2.45, 2.75) is 25.8 Å². The van der Waals surface area contributed by atoms with Crippen LogP contribution in [0, 0.1) is 0 Å². The normalized spacial score (nSPS) is 12.5. The minimum absolute atomic E-state index is 0.300. The van der Waals surface area contributed by atoms with Gasteiger partial charge in [-0.2, -0.15) is 0 Å².